The van der Waals surface area contributed by atoms with Gasteiger partial charge < -0.3 is 19.1 Å². The maximum Gasteiger partial charge on any atom is 0.573 e. The van der Waals surface area contributed by atoms with Crippen LogP contribution in [0.15, 0.2) is 41.2 Å². The molecule has 0 amide bonds. The molecule has 0 spiro atoms. The van der Waals surface area contributed by atoms with Gasteiger partial charge in [0.2, 0.25) is 0 Å². The van der Waals surface area contributed by atoms with Crippen LogP contribution >= 0.6 is 0 Å². The Morgan fingerprint density at radius 2 is 1.89 bits per heavy atom. The number of hydrogen-bond acceptors (Lipinski definition) is 6. The first kappa shape index (κ1) is 24.4. The summed E-state index contributed by atoms with van der Waals surface area (Å²) in [6.07, 6.45) is -4.00. The topological polar surface area (TPSA) is 74.4 Å². The van der Waals surface area contributed by atoms with Gasteiger partial charge in [0.05, 0.1) is 11.2 Å². The van der Waals surface area contributed by atoms with Gasteiger partial charge in [-0.25, -0.2) is 4.98 Å². The molecule has 1 fully saturated rings. The highest BCUT2D eigenvalue weighted by Crippen LogP contribution is 2.34. The molecule has 4 rings (SSSR count). The minimum absolute atomic E-state index is 0.0809. The Kier molecular flexibility index (Phi) is 6.36. The molecule has 10 heteroatoms. The van der Waals surface area contributed by atoms with E-state index < -0.39 is 6.36 Å². The van der Waals surface area contributed by atoms with E-state index in [-0.39, 0.29) is 28.8 Å². The maximum absolute atomic E-state index is 12.9. The van der Waals surface area contributed by atoms with Crippen molar-refractivity contribution >= 4 is 22.4 Å². The number of benzene rings is 1. The smallest absolute Gasteiger partial charge is 0.406 e. The van der Waals surface area contributed by atoms with Gasteiger partial charge >= 0.3 is 6.36 Å². The number of hydrogen-bond donors (Lipinski definition) is 0. The summed E-state index contributed by atoms with van der Waals surface area (Å²) in [5, 5.41) is 9.82. The summed E-state index contributed by atoms with van der Waals surface area (Å²) in [6.45, 7) is 5.15. The SMILES string of the molecule is Cc1ccc2c(n1)c(N1CC[C@@H](N(C)c3ccc(OC(F)(F)F)cc3)[C@@H](C)C1)c(C#N)c(=O)n2C. The lowest BCUT2D eigenvalue weighted by Crippen LogP contribution is -2.49. The van der Waals surface area contributed by atoms with Gasteiger partial charge in [0.1, 0.15) is 22.9 Å². The highest BCUT2D eigenvalue weighted by molar-refractivity contribution is 5.91. The highest BCUT2D eigenvalue weighted by Gasteiger charge is 2.33. The third-order valence-corrected chi connectivity index (χ3v) is 6.62. The molecule has 1 saturated heterocycles. The molecule has 2 atom stereocenters. The summed E-state index contributed by atoms with van der Waals surface area (Å²) in [6, 6.07) is 11.7. The minimum Gasteiger partial charge on any atom is -0.406 e. The number of aromatic nitrogens is 2. The Morgan fingerprint density at radius 3 is 2.49 bits per heavy atom. The molecule has 0 saturated carbocycles. The second-order valence-corrected chi connectivity index (χ2v) is 8.95. The molecule has 1 aliphatic heterocycles. The van der Waals surface area contributed by atoms with Gasteiger partial charge in [0, 0.05) is 44.6 Å². The Hall–Kier alpha value is -3.74. The minimum atomic E-state index is -4.73. The molecular weight excluding hydrogens is 459 g/mol. The van der Waals surface area contributed by atoms with Gasteiger partial charge in [-0.15, -0.1) is 13.2 Å². The van der Waals surface area contributed by atoms with Gasteiger partial charge in [-0.05, 0) is 55.7 Å². The number of piperidine rings is 1. The standard InChI is InChI=1S/C25H26F3N5O2/c1-15-14-33(23-19(13-29)24(34)32(4)21-10-5-16(2)30-22(21)23)12-11-20(15)31(3)17-6-8-18(9-7-17)35-25(26,27)28/h5-10,15,20H,11-12,14H2,1-4H3/t15-,20+/m0/s1. The van der Waals surface area contributed by atoms with E-state index in [0.29, 0.717) is 29.8 Å². The predicted octanol–water partition coefficient (Wildman–Crippen LogP) is 4.36. The monoisotopic (exact) mass is 485 g/mol. The fraction of sp³-hybridized carbons (Fsp3) is 0.400. The average molecular weight is 486 g/mol. The Bertz CT molecular complexity index is 1340. The summed E-state index contributed by atoms with van der Waals surface area (Å²) in [7, 11) is 3.55. The van der Waals surface area contributed by atoms with Crippen LogP contribution in [0.5, 0.6) is 5.75 Å². The van der Waals surface area contributed by atoms with Crippen LogP contribution < -0.4 is 20.1 Å². The zero-order valence-corrected chi connectivity index (χ0v) is 19.9. The van der Waals surface area contributed by atoms with E-state index in [0.717, 1.165) is 17.8 Å². The molecule has 3 aromatic rings. The van der Waals surface area contributed by atoms with Crippen molar-refractivity contribution in [1.29, 1.82) is 5.26 Å². The van der Waals surface area contributed by atoms with Gasteiger partial charge in [-0.2, -0.15) is 5.26 Å². The van der Waals surface area contributed by atoms with E-state index in [4.69, 9.17) is 0 Å². The molecule has 0 radical (unpaired) electrons. The fourth-order valence-corrected chi connectivity index (χ4v) is 4.89. The molecule has 7 nitrogen and oxygen atoms in total. The lowest BCUT2D eigenvalue weighted by atomic mass is 9.91. The van der Waals surface area contributed by atoms with Crippen molar-refractivity contribution in [3.8, 4) is 11.8 Å². The molecule has 35 heavy (non-hydrogen) atoms. The Labute approximate surface area is 201 Å². The van der Waals surface area contributed by atoms with Crippen molar-refractivity contribution in [3.63, 3.8) is 0 Å². The van der Waals surface area contributed by atoms with Crippen LogP contribution in [0.4, 0.5) is 24.5 Å². The number of nitriles is 1. The number of anilines is 2. The van der Waals surface area contributed by atoms with Crippen LogP contribution in [0.25, 0.3) is 11.0 Å². The second-order valence-electron chi connectivity index (χ2n) is 8.95. The van der Waals surface area contributed by atoms with Crippen LogP contribution in [-0.2, 0) is 7.05 Å². The Morgan fingerprint density at radius 1 is 1.20 bits per heavy atom. The summed E-state index contributed by atoms with van der Waals surface area (Å²) >= 11 is 0. The number of pyridine rings is 2. The van der Waals surface area contributed by atoms with E-state index in [1.807, 2.05) is 26.1 Å². The lowest BCUT2D eigenvalue weighted by molar-refractivity contribution is -0.274. The summed E-state index contributed by atoms with van der Waals surface area (Å²) < 4.78 is 42.8. The molecule has 0 aliphatic carbocycles. The van der Waals surface area contributed by atoms with Gasteiger partial charge in [0.25, 0.3) is 5.56 Å². The average Bonchev–Trinajstić information content (AvgIpc) is 2.80. The number of aryl methyl sites for hydroxylation is 2. The van der Waals surface area contributed by atoms with E-state index in [1.54, 1.807) is 19.2 Å². The molecule has 2 aromatic heterocycles. The Balaban J connectivity index is 1.60. The number of ether oxygens (including phenoxy) is 1. The van der Waals surface area contributed by atoms with Crippen LogP contribution in [0.3, 0.4) is 0 Å². The van der Waals surface area contributed by atoms with E-state index >= 15 is 0 Å². The van der Waals surface area contributed by atoms with E-state index in [9.17, 15) is 23.2 Å². The van der Waals surface area contributed by atoms with Crippen LogP contribution in [0.1, 0.15) is 24.6 Å². The van der Waals surface area contributed by atoms with Crippen molar-refractivity contribution in [2.75, 3.05) is 29.9 Å². The third-order valence-electron chi connectivity index (χ3n) is 6.62. The quantitative estimate of drug-likeness (QED) is 0.547. The van der Waals surface area contributed by atoms with E-state index in [1.165, 1.54) is 16.7 Å². The highest BCUT2D eigenvalue weighted by atomic mass is 19.4. The first-order valence-corrected chi connectivity index (χ1v) is 11.2. The number of fused-ring (bicyclic) bond motifs is 1. The molecule has 0 bridgehead atoms. The second kappa shape index (κ2) is 9.13. The number of rotatable bonds is 4. The van der Waals surface area contributed by atoms with Gasteiger partial charge in [-0.1, -0.05) is 6.92 Å². The number of nitrogens with zero attached hydrogens (tertiary/aromatic N) is 5. The van der Waals surface area contributed by atoms with Crippen molar-refractivity contribution in [3.05, 3.63) is 58.0 Å². The number of halogens is 3. The van der Waals surface area contributed by atoms with Crippen LogP contribution in [-0.4, -0.2) is 42.1 Å². The lowest BCUT2D eigenvalue weighted by Gasteiger charge is -2.43. The zero-order chi connectivity index (χ0) is 25.5. The van der Waals surface area contributed by atoms with Gasteiger partial charge in [0.15, 0.2) is 0 Å². The predicted molar refractivity (Wildman–Crippen MR) is 128 cm³/mol. The summed E-state index contributed by atoms with van der Waals surface area (Å²) in [5.41, 5.74) is 3.16. The molecule has 184 valence electrons. The first-order chi connectivity index (χ1) is 16.5. The van der Waals surface area contributed by atoms with Gasteiger partial charge in [-0.3, -0.25) is 4.79 Å². The first-order valence-electron chi connectivity index (χ1n) is 11.2. The fourth-order valence-electron chi connectivity index (χ4n) is 4.89. The molecule has 0 unspecified atom stereocenters. The molecular formula is C25H26F3N5O2. The molecule has 1 aliphatic rings. The van der Waals surface area contributed by atoms with Crippen LogP contribution in [0.2, 0.25) is 0 Å². The zero-order valence-electron chi connectivity index (χ0n) is 19.9. The largest absolute Gasteiger partial charge is 0.573 e. The van der Waals surface area contributed by atoms with Crippen molar-refractivity contribution < 1.29 is 17.9 Å². The van der Waals surface area contributed by atoms with Crippen molar-refractivity contribution in [1.82, 2.24) is 9.55 Å². The van der Waals surface area contributed by atoms with E-state index in [2.05, 4.69) is 32.5 Å². The maximum atomic E-state index is 12.9. The number of alkyl halides is 3. The molecule has 1 aromatic carbocycles. The van der Waals surface area contributed by atoms with Crippen molar-refractivity contribution in [2.24, 2.45) is 13.0 Å². The normalized spacial score (nSPS) is 18.4. The molecule has 3 heterocycles. The van der Waals surface area contributed by atoms with Crippen LogP contribution in [0, 0.1) is 24.2 Å². The summed E-state index contributed by atoms with van der Waals surface area (Å²) in [5.74, 6) is -0.128. The van der Waals surface area contributed by atoms with Crippen molar-refractivity contribution in [2.45, 2.75) is 32.7 Å². The third kappa shape index (κ3) is 4.76. The summed E-state index contributed by atoms with van der Waals surface area (Å²) in [4.78, 5) is 21.7. The molecule has 0 N–H and O–H groups in total.